The number of amides is 1. The highest BCUT2D eigenvalue weighted by atomic mass is 32.1. The highest BCUT2D eigenvalue weighted by Crippen LogP contribution is 2.16. The monoisotopic (exact) mass is 198 g/mol. The van der Waals surface area contributed by atoms with Crippen molar-refractivity contribution in [3.63, 3.8) is 0 Å². The summed E-state index contributed by atoms with van der Waals surface area (Å²) in [4.78, 5) is 13.1. The fourth-order valence-corrected chi connectivity index (χ4v) is 1.83. The average molecular weight is 198 g/mol. The van der Waals surface area contributed by atoms with E-state index >= 15 is 0 Å². The largest absolute Gasteiger partial charge is 0.342 e. The first-order valence-electron chi connectivity index (χ1n) is 4.57. The van der Waals surface area contributed by atoms with Gasteiger partial charge in [-0.05, 0) is 12.8 Å². The van der Waals surface area contributed by atoms with E-state index in [-0.39, 0.29) is 11.2 Å². The van der Waals surface area contributed by atoms with Crippen LogP contribution in [0.15, 0.2) is 0 Å². The maximum atomic E-state index is 11.3. The van der Waals surface area contributed by atoms with Crippen LogP contribution in [0.2, 0.25) is 0 Å². The Morgan fingerprint density at radius 3 is 2.92 bits per heavy atom. The normalized spacial score (nSPS) is 22.0. The van der Waals surface area contributed by atoms with Gasteiger partial charge in [-0.1, -0.05) is 0 Å². The molecule has 0 spiro atoms. The molecule has 13 heavy (non-hydrogen) atoms. The van der Waals surface area contributed by atoms with Crippen molar-refractivity contribution in [2.45, 2.75) is 30.9 Å². The van der Waals surface area contributed by atoms with E-state index in [4.69, 9.17) is 5.26 Å². The molecule has 0 aliphatic carbocycles. The lowest BCUT2D eigenvalue weighted by atomic mass is 10.2. The van der Waals surface area contributed by atoms with Crippen molar-refractivity contribution in [3.05, 3.63) is 0 Å². The second-order valence-corrected chi connectivity index (χ2v) is 4.04. The molecule has 1 aliphatic rings. The van der Waals surface area contributed by atoms with Crippen LogP contribution >= 0.6 is 12.6 Å². The molecule has 1 atom stereocenters. The number of carbonyl (C=O) groups is 1. The van der Waals surface area contributed by atoms with Gasteiger partial charge in [-0.15, -0.1) is 0 Å². The van der Waals surface area contributed by atoms with Crippen molar-refractivity contribution in [2.75, 3.05) is 13.1 Å². The Labute approximate surface area is 84.1 Å². The lowest BCUT2D eigenvalue weighted by Crippen LogP contribution is -2.26. The first kappa shape index (κ1) is 10.4. The molecule has 0 aromatic carbocycles. The van der Waals surface area contributed by atoms with Crippen LogP contribution in [0, 0.1) is 11.3 Å². The summed E-state index contributed by atoms with van der Waals surface area (Å²) in [7, 11) is 0. The SMILES string of the molecule is N#CCCCCN1CC(S)CC1=O. The predicted molar refractivity (Wildman–Crippen MR) is 53.4 cm³/mol. The first-order chi connectivity index (χ1) is 6.24. The van der Waals surface area contributed by atoms with E-state index in [1.165, 1.54) is 0 Å². The zero-order valence-corrected chi connectivity index (χ0v) is 8.46. The van der Waals surface area contributed by atoms with Crippen LogP contribution < -0.4 is 0 Å². The molecule has 1 heterocycles. The maximum absolute atomic E-state index is 11.3. The van der Waals surface area contributed by atoms with E-state index in [2.05, 4.69) is 18.7 Å². The van der Waals surface area contributed by atoms with Crippen molar-refractivity contribution in [1.82, 2.24) is 4.90 Å². The van der Waals surface area contributed by atoms with Crippen LogP contribution in [0.25, 0.3) is 0 Å². The van der Waals surface area contributed by atoms with Crippen molar-refractivity contribution in [1.29, 1.82) is 5.26 Å². The molecule has 1 saturated heterocycles. The van der Waals surface area contributed by atoms with Crippen LogP contribution in [0.4, 0.5) is 0 Å². The van der Waals surface area contributed by atoms with Crippen molar-refractivity contribution < 1.29 is 4.79 Å². The Balaban J connectivity index is 2.15. The molecule has 1 fully saturated rings. The zero-order valence-electron chi connectivity index (χ0n) is 7.57. The summed E-state index contributed by atoms with van der Waals surface area (Å²) in [6, 6.07) is 2.09. The van der Waals surface area contributed by atoms with E-state index in [0.717, 1.165) is 25.9 Å². The molecule has 1 unspecified atom stereocenters. The molecule has 1 amide bonds. The lowest BCUT2D eigenvalue weighted by molar-refractivity contribution is -0.127. The van der Waals surface area contributed by atoms with E-state index in [9.17, 15) is 4.79 Å². The standard InChI is InChI=1S/C9H14N2OS/c10-4-2-1-3-5-11-7-8(13)6-9(11)12/h8,13H,1-3,5-7H2. The molecule has 0 bridgehead atoms. The van der Waals surface area contributed by atoms with Gasteiger partial charge in [0.25, 0.3) is 0 Å². The molecule has 0 N–H and O–H groups in total. The fourth-order valence-electron chi connectivity index (χ4n) is 1.47. The Morgan fingerprint density at radius 2 is 2.38 bits per heavy atom. The van der Waals surface area contributed by atoms with Gasteiger partial charge in [0.15, 0.2) is 0 Å². The third kappa shape index (κ3) is 3.27. The number of nitrogens with zero attached hydrogens (tertiary/aromatic N) is 2. The Kier molecular flexibility index (Phi) is 4.10. The maximum Gasteiger partial charge on any atom is 0.223 e. The van der Waals surface area contributed by atoms with E-state index < -0.39 is 0 Å². The van der Waals surface area contributed by atoms with Gasteiger partial charge in [-0.3, -0.25) is 4.79 Å². The molecule has 0 aromatic rings. The molecule has 0 radical (unpaired) electrons. The second kappa shape index (κ2) is 5.13. The summed E-state index contributed by atoms with van der Waals surface area (Å²) >= 11 is 4.26. The minimum absolute atomic E-state index is 0.206. The van der Waals surface area contributed by atoms with E-state index in [1.54, 1.807) is 0 Å². The number of unbranched alkanes of at least 4 members (excludes halogenated alkanes) is 2. The summed E-state index contributed by atoms with van der Waals surface area (Å²) in [6.45, 7) is 1.56. The molecule has 1 aliphatic heterocycles. The molecule has 0 aromatic heterocycles. The first-order valence-corrected chi connectivity index (χ1v) is 5.08. The summed E-state index contributed by atoms with van der Waals surface area (Å²) in [6.07, 6.45) is 2.98. The number of nitriles is 1. The average Bonchev–Trinajstić information content (AvgIpc) is 2.39. The van der Waals surface area contributed by atoms with Gasteiger partial charge in [0.1, 0.15) is 0 Å². The van der Waals surface area contributed by atoms with Crippen LogP contribution in [0.3, 0.4) is 0 Å². The molecule has 4 heteroatoms. The van der Waals surface area contributed by atoms with Gasteiger partial charge in [0, 0.05) is 31.2 Å². The number of likely N-dealkylation sites (tertiary alicyclic amines) is 1. The van der Waals surface area contributed by atoms with Crippen LogP contribution in [0.1, 0.15) is 25.7 Å². The van der Waals surface area contributed by atoms with Crippen molar-refractivity contribution >= 4 is 18.5 Å². The van der Waals surface area contributed by atoms with E-state index in [0.29, 0.717) is 12.8 Å². The van der Waals surface area contributed by atoms with Gasteiger partial charge < -0.3 is 4.90 Å². The topological polar surface area (TPSA) is 44.1 Å². The number of thiol groups is 1. The summed E-state index contributed by atoms with van der Waals surface area (Å²) in [5.74, 6) is 0.206. The second-order valence-electron chi connectivity index (χ2n) is 3.31. The van der Waals surface area contributed by atoms with Gasteiger partial charge in [0.2, 0.25) is 5.91 Å². The highest BCUT2D eigenvalue weighted by Gasteiger charge is 2.26. The molecular weight excluding hydrogens is 184 g/mol. The molecular formula is C9H14N2OS. The summed E-state index contributed by atoms with van der Waals surface area (Å²) < 4.78 is 0. The van der Waals surface area contributed by atoms with Gasteiger partial charge in [-0.2, -0.15) is 17.9 Å². The summed E-state index contributed by atoms with van der Waals surface area (Å²) in [5.41, 5.74) is 0. The minimum atomic E-state index is 0.206. The molecule has 72 valence electrons. The molecule has 1 rings (SSSR count). The Morgan fingerprint density at radius 1 is 1.62 bits per heavy atom. The molecule has 0 saturated carbocycles. The van der Waals surface area contributed by atoms with Crippen molar-refractivity contribution in [2.24, 2.45) is 0 Å². The lowest BCUT2D eigenvalue weighted by Gasteiger charge is -2.14. The van der Waals surface area contributed by atoms with Gasteiger partial charge in [0.05, 0.1) is 6.07 Å². The highest BCUT2D eigenvalue weighted by molar-refractivity contribution is 7.81. The third-order valence-corrected chi connectivity index (χ3v) is 2.51. The van der Waals surface area contributed by atoms with E-state index in [1.807, 2.05) is 4.90 Å². The Hall–Kier alpha value is -0.690. The smallest absolute Gasteiger partial charge is 0.223 e. The quantitative estimate of drug-likeness (QED) is 0.545. The Bertz CT molecular complexity index is 224. The van der Waals surface area contributed by atoms with Crippen molar-refractivity contribution in [3.8, 4) is 6.07 Å². The molecule has 3 nitrogen and oxygen atoms in total. The van der Waals surface area contributed by atoms with Crippen LogP contribution in [0.5, 0.6) is 0 Å². The third-order valence-electron chi connectivity index (χ3n) is 2.16. The van der Waals surface area contributed by atoms with Gasteiger partial charge >= 0.3 is 0 Å². The number of carbonyl (C=O) groups excluding carboxylic acids is 1. The number of hydrogen-bond donors (Lipinski definition) is 1. The zero-order chi connectivity index (χ0) is 9.68. The number of hydrogen-bond acceptors (Lipinski definition) is 3. The summed E-state index contributed by atoms with van der Waals surface area (Å²) in [5, 5.41) is 8.52. The number of rotatable bonds is 4. The minimum Gasteiger partial charge on any atom is -0.342 e. The predicted octanol–water partition coefficient (Wildman–Crippen LogP) is 1.21. The van der Waals surface area contributed by atoms with Crippen LogP contribution in [-0.2, 0) is 4.79 Å². The van der Waals surface area contributed by atoms with Gasteiger partial charge in [-0.25, -0.2) is 0 Å². The van der Waals surface area contributed by atoms with Crippen LogP contribution in [-0.4, -0.2) is 29.1 Å². The fraction of sp³-hybridized carbons (Fsp3) is 0.778.